The first-order chi connectivity index (χ1) is 7.36. The molecule has 1 heterocycles. The Morgan fingerprint density at radius 1 is 1.79 bits per heavy atom. The third-order valence-electron chi connectivity index (χ3n) is 1.17. The van der Waals surface area contributed by atoms with Crippen molar-refractivity contribution in [1.29, 1.82) is 0 Å². The Labute approximate surface area is 100 Å². The summed E-state index contributed by atoms with van der Waals surface area (Å²) in [7, 11) is 1.10. The molecule has 76 valence electrons. The predicted octanol–water partition coefficient (Wildman–Crippen LogP) is 1.59. The summed E-state index contributed by atoms with van der Waals surface area (Å²) >= 11 is 6.19. The predicted molar refractivity (Wildman–Crippen MR) is 57.9 cm³/mol. The molecule has 0 saturated heterocycles. The number of carbonyl (C=O) groups excluding carboxylic acids is 1. The molecule has 5 nitrogen and oxygen atoms in total. The lowest BCUT2D eigenvalue weighted by Gasteiger charge is -2.05. The van der Waals surface area contributed by atoms with Gasteiger partial charge >= 0.3 is 5.97 Å². The van der Waals surface area contributed by atoms with Gasteiger partial charge in [0.05, 0.1) is 16.0 Å². The fourth-order valence-corrected chi connectivity index (χ4v) is 1.50. The summed E-state index contributed by atoms with van der Waals surface area (Å²) in [5.74, 6) is -0.928. The van der Waals surface area contributed by atoms with Crippen LogP contribution in [0.25, 0.3) is 0 Å². The highest BCUT2D eigenvalue weighted by molar-refractivity contribution is 9.11. The number of esters is 1. The maximum atomic E-state index is 11.1. The first kappa shape index (κ1) is 8.60. The third kappa shape index (κ3) is 3.22. The number of hydrogen-bond donors (Lipinski definition) is 1. The topological polar surface area (TPSA) is 64.1 Å². The van der Waals surface area contributed by atoms with Crippen molar-refractivity contribution < 1.29 is 12.3 Å². The minimum atomic E-state index is -2.36. The number of halogens is 2. The van der Waals surface area contributed by atoms with Crippen LogP contribution in [0.3, 0.4) is 0 Å². The van der Waals surface area contributed by atoms with Gasteiger partial charge in [0, 0.05) is 0 Å². The molecule has 1 rings (SSSR count). The van der Waals surface area contributed by atoms with Crippen molar-refractivity contribution in [2.75, 3.05) is 18.9 Å². The zero-order valence-electron chi connectivity index (χ0n) is 9.04. The number of ether oxygens (including phenoxy) is 1. The van der Waals surface area contributed by atoms with E-state index in [1.165, 1.54) is 6.20 Å². The summed E-state index contributed by atoms with van der Waals surface area (Å²) in [4.78, 5) is 18.9. The van der Waals surface area contributed by atoms with Crippen LogP contribution in [-0.4, -0.2) is 29.5 Å². The summed E-state index contributed by atoms with van der Waals surface area (Å²) in [6, 6.07) is 0. The van der Waals surface area contributed by atoms with E-state index in [0.29, 0.717) is 4.60 Å². The molecule has 1 aromatic heterocycles. The molecule has 0 bridgehead atoms. The first-order valence-electron chi connectivity index (χ1n) is 4.41. The largest absolute Gasteiger partial charge is 0.468 e. The number of nitrogens with zero attached hydrogens (tertiary/aromatic N) is 2. The zero-order valence-corrected chi connectivity index (χ0v) is 10.2. The molecule has 1 aromatic rings. The quantitative estimate of drug-likeness (QED) is 0.854. The number of hydrogen-bond acceptors (Lipinski definition) is 5. The van der Waals surface area contributed by atoms with Gasteiger partial charge in [-0.15, -0.1) is 0 Å². The molecule has 0 aliphatic carbocycles. The highest BCUT2D eigenvalue weighted by Gasteiger charge is 2.05. The number of rotatable bonds is 3. The highest BCUT2D eigenvalue weighted by Crippen LogP contribution is 2.18. The molecule has 0 aliphatic heterocycles. The average Bonchev–Trinajstić information content (AvgIpc) is 2.21. The normalized spacial score (nSPS) is 12.8. The van der Waals surface area contributed by atoms with Crippen molar-refractivity contribution in [2.24, 2.45) is 0 Å². The Morgan fingerprint density at radius 2 is 2.50 bits per heavy atom. The van der Waals surface area contributed by atoms with Gasteiger partial charge in [0.25, 0.3) is 0 Å². The lowest BCUT2D eigenvalue weighted by molar-refractivity contribution is -0.138. The van der Waals surface area contributed by atoms with E-state index in [1.54, 1.807) is 0 Å². The third-order valence-corrected chi connectivity index (χ3v) is 2.10. The van der Waals surface area contributed by atoms with Gasteiger partial charge in [-0.25, -0.2) is 9.97 Å². The molecule has 0 amide bonds. The van der Waals surface area contributed by atoms with Crippen LogP contribution in [0.4, 0.5) is 5.82 Å². The maximum absolute atomic E-state index is 11.1. The van der Waals surface area contributed by atoms with E-state index in [0.717, 1.165) is 7.11 Å². The molecule has 0 aliphatic rings. The monoisotopic (exact) mass is 325 g/mol. The minimum Gasteiger partial charge on any atom is -0.468 e. The average molecular weight is 327 g/mol. The van der Waals surface area contributed by atoms with Gasteiger partial charge < -0.3 is 10.1 Å². The van der Waals surface area contributed by atoms with Crippen molar-refractivity contribution >= 4 is 43.6 Å². The molecule has 0 spiro atoms. The number of nitrogens with one attached hydrogen (secondary N) is 1. The summed E-state index contributed by atoms with van der Waals surface area (Å²) in [5, 5.41) is 2.28. The van der Waals surface area contributed by atoms with Crippen LogP contribution >= 0.6 is 31.9 Å². The van der Waals surface area contributed by atoms with Crippen LogP contribution in [-0.2, 0) is 9.53 Å². The first-order valence-corrected chi connectivity index (χ1v) is 5.00. The molecule has 0 aromatic carbocycles. The van der Waals surface area contributed by atoms with E-state index in [-0.39, 0.29) is 10.4 Å². The molecule has 14 heavy (non-hydrogen) atoms. The van der Waals surface area contributed by atoms with Gasteiger partial charge in [0.2, 0.25) is 0 Å². The molecule has 1 N–H and O–H groups in total. The summed E-state index contributed by atoms with van der Waals surface area (Å²) < 4.78 is 19.9. The maximum Gasteiger partial charge on any atom is 0.325 e. The zero-order chi connectivity index (χ0) is 12.3. The van der Waals surface area contributed by atoms with Crippen LogP contribution in [0.15, 0.2) is 15.4 Å². The smallest absolute Gasteiger partial charge is 0.325 e. The van der Waals surface area contributed by atoms with Crippen molar-refractivity contribution in [3.05, 3.63) is 15.4 Å². The van der Waals surface area contributed by atoms with E-state index in [1.807, 2.05) is 0 Å². The Bertz CT molecular complexity index is 417. The second kappa shape index (κ2) is 5.26. The fourth-order valence-electron chi connectivity index (χ4n) is 0.592. The van der Waals surface area contributed by atoms with E-state index in [4.69, 9.17) is 2.74 Å². The summed E-state index contributed by atoms with van der Waals surface area (Å²) in [6.45, 7) is -2.36. The van der Waals surface area contributed by atoms with Crippen molar-refractivity contribution in [1.82, 2.24) is 9.97 Å². The van der Waals surface area contributed by atoms with Gasteiger partial charge in [-0.2, -0.15) is 0 Å². The molecular weight excluding hydrogens is 318 g/mol. The van der Waals surface area contributed by atoms with Gasteiger partial charge in [-0.05, 0) is 31.9 Å². The Morgan fingerprint density at radius 3 is 3.07 bits per heavy atom. The summed E-state index contributed by atoms with van der Waals surface area (Å²) in [6.07, 6.45) is 1.38. The van der Waals surface area contributed by atoms with Crippen LogP contribution in [0, 0.1) is 0 Å². The fraction of sp³-hybridized carbons (Fsp3) is 0.286. The molecule has 0 unspecified atom stereocenters. The Hall–Kier alpha value is -0.690. The molecule has 0 atom stereocenters. The van der Waals surface area contributed by atoms with E-state index < -0.39 is 12.5 Å². The Kier molecular flexibility index (Phi) is 3.23. The number of methoxy groups -OCH3 is 1. The lowest BCUT2D eigenvalue weighted by Crippen LogP contribution is -2.16. The van der Waals surface area contributed by atoms with Crippen molar-refractivity contribution in [3.8, 4) is 0 Å². The number of carbonyl (C=O) groups is 1. The molecule has 7 heteroatoms. The molecular formula is C7H7Br2N3O2. The van der Waals surface area contributed by atoms with Gasteiger partial charge in [0.1, 0.15) is 15.7 Å². The SMILES string of the molecule is [2H]C([2H])(Nc1ncc(Br)nc1Br)C(=O)OC. The van der Waals surface area contributed by atoms with Gasteiger partial charge in [-0.3, -0.25) is 4.79 Å². The minimum absolute atomic E-state index is 0.110. The second-order valence-corrected chi connectivity index (χ2v) is 3.64. The number of aromatic nitrogens is 2. The highest BCUT2D eigenvalue weighted by atomic mass is 79.9. The van der Waals surface area contributed by atoms with Gasteiger partial charge in [0.15, 0.2) is 5.82 Å². The van der Waals surface area contributed by atoms with E-state index >= 15 is 0 Å². The molecule has 0 radical (unpaired) electrons. The molecule has 0 fully saturated rings. The van der Waals surface area contributed by atoms with E-state index in [9.17, 15) is 4.79 Å². The lowest BCUT2D eigenvalue weighted by atomic mass is 10.6. The van der Waals surface area contributed by atoms with Crippen LogP contribution < -0.4 is 5.32 Å². The van der Waals surface area contributed by atoms with Crippen LogP contribution in [0.5, 0.6) is 0 Å². The molecule has 0 saturated carbocycles. The standard InChI is InChI=1S/C7H7Br2N3O2/c1-14-5(13)3-11-7-6(9)12-4(8)2-10-7/h2H,3H2,1H3,(H,10,11)/i3D2. The van der Waals surface area contributed by atoms with Crippen LogP contribution in [0.2, 0.25) is 0 Å². The van der Waals surface area contributed by atoms with Crippen molar-refractivity contribution in [3.63, 3.8) is 0 Å². The van der Waals surface area contributed by atoms with Crippen LogP contribution in [0.1, 0.15) is 2.74 Å². The van der Waals surface area contributed by atoms with Gasteiger partial charge in [-0.1, -0.05) is 0 Å². The van der Waals surface area contributed by atoms with Crippen molar-refractivity contribution in [2.45, 2.75) is 0 Å². The van der Waals surface area contributed by atoms with E-state index in [2.05, 4.69) is 51.9 Å². The second-order valence-electron chi connectivity index (χ2n) is 2.07. The Balaban J connectivity index is 2.92. The summed E-state index contributed by atoms with van der Waals surface area (Å²) in [5.41, 5.74) is 0. The number of anilines is 1.